The molecule has 0 atom stereocenters. The van der Waals surface area contributed by atoms with Gasteiger partial charge in [-0.25, -0.2) is 4.79 Å². The average Bonchev–Trinajstić information content (AvgIpc) is 2.37. The van der Waals surface area contributed by atoms with Gasteiger partial charge in [0.2, 0.25) is 0 Å². The van der Waals surface area contributed by atoms with Crippen LogP contribution in [-0.2, 0) is 9.53 Å². The van der Waals surface area contributed by atoms with Gasteiger partial charge in [-0.05, 0) is 19.8 Å². The molecule has 0 saturated carbocycles. The zero-order valence-corrected chi connectivity index (χ0v) is 11.7. The highest BCUT2D eigenvalue weighted by Gasteiger charge is 2.08. The van der Waals surface area contributed by atoms with Gasteiger partial charge < -0.3 is 4.74 Å². The van der Waals surface area contributed by atoms with Crippen LogP contribution in [-0.4, -0.2) is 12.6 Å². The van der Waals surface area contributed by atoms with Crippen molar-refractivity contribution in [1.82, 2.24) is 0 Å². The summed E-state index contributed by atoms with van der Waals surface area (Å²) in [6, 6.07) is 1.89. The van der Waals surface area contributed by atoms with Gasteiger partial charge in [0.15, 0.2) is 0 Å². The number of allylic oxidation sites excluding steroid dienone is 1. The second-order valence-electron chi connectivity index (χ2n) is 4.36. The van der Waals surface area contributed by atoms with Crippen LogP contribution in [0.3, 0.4) is 0 Å². The van der Waals surface area contributed by atoms with E-state index < -0.39 is 5.97 Å². The van der Waals surface area contributed by atoms with Crippen LogP contribution in [0.2, 0.25) is 0 Å². The van der Waals surface area contributed by atoms with E-state index in [-0.39, 0.29) is 5.57 Å². The largest absolute Gasteiger partial charge is 0.462 e. The molecule has 0 fully saturated rings. The Morgan fingerprint density at radius 3 is 2.28 bits per heavy atom. The Hall–Kier alpha value is -1.30. The number of nitriles is 1. The van der Waals surface area contributed by atoms with Crippen LogP contribution in [0.15, 0.2) is 11.6 Å². The highest BCUT2D eigenvalue weighted by Crippen LogP contribution is 2.09. The van der Waals surface area contributed by atoms with E-state index >= 15 is 0 Å². The maximum Gasteiger partial charge on any atom is 0.348 e. The van der Waals surface area contributed by atoms with Gasteiger partial charge in [-0.2, -0.15) is 5.26 Å². The summed E-state index contributed by atoms with van der Waals surface area (Å²) in [4.78, 5) is 11.3. The van der Waals surface area contributed by atoms with Crippen LogP contribution < -0.4 is 0 Å². The summed E-state index contributed by atoms with van der Waals surface area (Å²) in [7, 11) is 0. The lowest BCUT2D eigenvalue weighted by Gasteiger charge is -2.00. The summed E-state index contributed by atoms with van der Waals surface area (Å²) in [5, 5.41) is 8.80. The molecule has 0 aromatic heterocycles. The van der Waals surface area contributed by atoms with Crippen molar-refractivity contribution in [3.8, 4) is 6.07 Å². The number of carbonyl (C=O) groups excluding carboxylic acids is 1. The summed E-state index contributed by atoms with van der Waals surface area (Å²) in [5.41, 5.74) is 0.142. The first-order valence-corrected chi connectivity index (χ1v) is 7.03. The Bertz CT molecular complexity index is 289. The number of rotatable bonds is 10. The molecule has 0 N–H and O–H groups in total. The lowest BCUT2D eigenvalue weighted by molar-refractivity contribution is -0.138. The Balaban J connectivity index is 3.66. The topological polar surface area (TPSA) is 50.1 Å². The third-order valence-electron chi connectivity index (χ3n) is 2.77. The van der Waals surface area contributed by atoms with Crippen LogP contribution in [0.5, 0.6) is 0 Å². The Morgan fingerprint density at radius 1 is 1.11 bits per heavy atom. The second-order valence-corrected chi connectivity index (χ2v) is 4.36. The lowest BCUT2D eigenvalue weighted by atomic mass is 10.1. The molecular formula is C15H25NO2. The van der Waals surface area contributed by atoms with Crippen molar-refractivity contribution in [3.05, 3.63) is 11.6 Å². The number of carbonyl (C=O) groups is 1. The molecule has 0 amide bonds. The van der Waals surface area contributed by atoms with Crippen LogP contribution in [0.1, 0.15) is 65.2 Å². The quantitative estimate of drug-likeness (QED) is 0.254. The van der Waals surface area contributed by atoms with Crippen LogP contribution in [0.4, 0.5) is 0 Å². The fourth-order valence-electron chi connectivity index (χ4n) is 1.73. The maximum absolute atomic E-state index is 11.3. The molecule has 0 heterocycles. The first-order valence-electron chi connectivity index (χ1n) is 7.03. The predicted octanol–water partition coefficient (Wildman–Crippen LogP) is 4.14. The second kappa shape index (κ2) is 12.2. The molecule has 0 aliphatic rings. The van der Waals surface area contributed by atoms with E-state index in [4.69, 9.17) is 10.00 Å². The van der Waals surface area contributed by atoms with Crippen molar-refractivity contribution < 1.29 is 9.53 Å². The molecule has 3 heteroatoms. The highest BCUT2D eigenvalue weighted by molar-refractivity contribution is 5.92. The number of unbranched alkanes of at least 4 members (excludes halogenated alkanes) is 7. The summed E-state index contributed by atoms with van der Waals surface area (Å²) in [6.07, 6.45) is 11.1. The van der Waals surface area contributed by atoms with Crippen molar-refractivity contribution in [3.63, 3.8) is 0 Å². The van der Waals surface area contributed by atoms with Crippen molar-refractivity contribution in [1.29, 1.82) is 5.26 Å². The van der Waals surface area contributed by atoms with Gasteiger partial charge in [0, 0.05) is 0 Å². The molecule has 0 bridgehead atoms. The van der Waals surface area contributed by atoms with Gasteiger partial charge in [0.05, 0.1) is 6.61 Å². The van der Waals surface area contributed by atoms with Crippen molar-refractivity contribution in [2.24, 2.45) is 0 Å². The molecule has 0 radical (unpaired) electrons. The van der Waals surface area contributed by atoms with Gasteiger partial charge in [0.1, 0.15) is 11.6 Å². The molecule has 18 heavy (non-hydrogen) atoms. The van der Waals surface area contributed by atoms with Crippen LogP contribution >= 0.6 is 0 Å². The minimum atomic E-state index is -0.497. The highest BCUT2D eigenvalue weighted by atomic mass is 16.5. The number of hydrogen-bond donors (Lipinski definition) is 0. The zero-order chi connectivity index (χ0) is 13.6. The summed E-state index contributed by atoms with van der Waals surface area (Å²) < 4.78 is 4.79. The number of ether oxygens (including phenoxy) is 1. The summed E-state index contributed by atoms with van der Waals surface area (Å²) >= 11 is 0. The van der Waals surface area contributed by atoms with Crippen LogP contribution in [0.25, 0.3) is 0 Å². The Kier molecular flexibility index (Phi) is 11.3. The average molecular weight is 251 g/mol. The third-order valence-corrected chi connectivity index (χ3v) is 2.77. The molecule has 0 aliphatic heterocycles. The van der Waals surface area contributed by atoms with Crippen molar-refractivity contribution in [2.45, 2.75) is 65.2 Å². The van der Waals surface area contributed by atoms with E-state index in [2.05, 4.69) is 6.92 Å². The van der Waals surface area contributed by atoms with Crippen LogP contribution in [0, 0.1) is 11.3 Å². The fourth-order valence-corrected chi connectivity index (χ4v) is 1.73. The standard InChI is InChI=1S/C15H25NO2/c1-3-5-6-7-8-9-10-11-12-14(13-16)15(17)18-4-2/h12H,3-11H2,1-2H3/b14-12-. The lowest BCUT2D eigenvalue weighted by Crippen LogP contribution is -2.06. The van der Waals surface area contributed by atoms with Gasteiger partial charge in [-0.1, -0.05) is 51.5 Å². The molecule has 3 nitrogen and oxygen atoms in total. The molecule has 0 rings (SSSR count). The van der Waals surface area contributed by atoms with Gasteiger partial charge in [-0.3, -0.25) is 0 Å². The van der Waals surface area contributed by atoms with E-state index in [0.717, 1.165) is 12.8 Å². The smallest absolute Gasteiger partial charge is 0.348 e. The normalized spacial score (nSPS) is 11.1. The molecule has 102 valence electrons. The van der Waals surface area contributed by atoms with E-state index in [9.17, 15) is 4.79 Å². The SMILES string of the molecule is CCCCCCCCC/C=C(/C#N)C(=O)OCC. The molecule has 0 aromatic rings. The molecule has 0 unspecified atom stereocenters. The van der Waals surface area contributed by atoms with E-state index in [1.54, 1.807) is 13.0 Å². The third kappa shape index (κ3) is 8.81. The molecule has 0 aliphatic carbocycles. The number of hydrogen-bond acceptors (Lipinski definition) is 3. The molecule has 0 aromatic carbocycles. The minimum Gasteiger partial charge on any atom is -0.462 e. The molecule has 0 saturated heterocycles. The molecular weight excluding hydrogens is 226 g/mol. The van der Waals surface area contributed by atoms with Gasteiger partial charge in [-0.15, -0.1) is 0 Å². The first kappa shape index (κ1) is 16.7. The molecule has 0 spiro atoms. The zero-order valence-electron chi connectivity index (χ0n) is 11.7. The maximum atomic E-state index is 11.3. The van der Waals surface area contributed by atoms with E-state index in [1.165, 1.54) is 38.5 Å². The van der Waals surface area contributed by atoms with Gasteiger partial charge in [0.25, 0.3) is 0 Å². The van der Waals surface area contributed by atoms with Crippen molar-refractivity contribution >= 4 is 5.97 Å². The monoisotopic (exact) mass is 251 g/mol. The Labute approximate surface area is 111 Å². The fraction of sp³-hybridized carbons (Fsp3) is 0.733. The van der Waals surface area contributed by atoms with Crippen molar-refractivity contribution in [2.75, 3.05) is 6.61 Å². The van der Waals surface area contributed by atoms with E-state index in [0.29, 0.717) is 6.61 Å². The summed E-state index contributed by atoms with van der Waals surface area (Å²) in [6.45, 7) is 4.27. The first-order chi connectivity index (χ1) is 8.76. The van der Waals surface area contributed by atoms with Gasteiger partial charge >= 0.3 is 5.97 Å². The Morgan fingerprint density at radius 2 is 1.72 bits per heavy atom. The van der Waals surface area contributed by atoms with E-state index in [1.807, 2.05) is 6.07 Å². The predicted molar refractivity (Wildman–Crippen MR) is 72.9 cm³/mol. The minimum absolute atomic E-state index is 0.142. The number of esters is 1. The summed E-state index contributed by atoms with van der Waals surface area (Å²) in [5.74, 6) is -0.497. The number of nitrogens with zero attached hydrogens (tertiary/aromatic N) is 1.